The Labute approximate surface area is 123 Å². The SMILES string of the molecule is CC1CCC(NS(=O)(=O)c2ccccc2F)(C(=O)O)CC1. The molecule has 21 heavy (non-hydrogen) atoms. The van der Waals surface area contributed by atoms with Gasteiger partial charge in [-0.15, -0.1) is 0 Å². The standard InChI is InChI=1S/C14H18FNO4S/c1-10-6-8-14(9-7-10,13(17)18)16-21(19,20)12-5-3-2-4-11(12)15/h2-5,10,16H,6-9H2,1H3,(H,17,18). The summed E-state index contributed by atoms with van der Waals surface area (Å²) in [6.07, 6.45) is 1.65. The van der Waals surface area contributed by atoms with Gasteiger partial charge in [0.25, 0.3) is 0 Å². The average molecular weight is 315 g/mol. The summed E-state index contributed by atoms with van der Waals surface area (Å²) in [6.45, 7) is 2.00. The molecule has 2 rings (SSSR count). The lowest BCUT2D eigenvalue weighted by Gasteiger charge is -2.36. The molecule has 7 heteroatoms. The topological polar surface area (TPSA) is 83.5 Å². The smallest absolute Gasteiger partial charge is 0.324 e. The summed E-state index contributed by atoms with van der Waals surface area (Å²) < 4.78 is 40.5. The van der Waals surface area contributed by atoms with E-state index in [1.54, 1.807) is 0 Å². The summed E-state index contributed by atoms with van der Waals surface area (Å²) in [5.41, 5.74) is -1.55. The van der Waals surface area contributed by atoms with Gasteiger partial charge in [0.05, 0.1) is 0 Å². The van der Waals surface area contributed by atoms with E-state index in [9.17, 15) is 22.7 Å². The van der Waals surface area contributed by atoms with Crippen LogP contribution in [-0.2, 0) is 14.8 Å². The fraction of sp³-hybridized carbons (Fsp3) is 0.500. The highest BCUT2D eigenvalue weighted by atomic mass is 32.2. The number of aliphatic carboxylic acids is 1. The van der Waals surface area contributed by atoms with Crippen LogP contribution in [0.1, 0.15) is 32.6 Å². The van der Waals surface area contributed by atoms with E-state index in [0.717, 1.165) is 12.1 Å². The van der Waals surface area contributed by atoms with Crippen LogP contribution in [0.3, 0.4) is 0 Å². The highest BCUT2D eigenvalue weighted by Gasteiger charge is 2.44. The Balaban J connectivity index is 2.33. The van der Waals surface area contributed by atoms with E-state index in [2.05, 4.69) is 4.72 Å². The Hall–Kier alpha value is -1.47. The molecule has 0 atom stereocenters. The van der Waals surface area contributed by atoms with E-state index in [-0.39, 0.29) is 12.8 Å². The van der Waals surface area contributed by atoms with Crippen LogP contribution < -0.4 is 4.72 Å². The lowest BCUT2D eigenvalue weighted by atomic mass is 9.78. The van der Waals surface area contributed by atoms with Gasteiger partial charge in [0.1, 0.15) is 16.3 Å². The molecular formula is C14H18FNO4S. The largest absolute Gasteiger partial charge is 0.480 e. The van der Waals surface area contributed by atoms with Crippen LogP contribution in [0, 0.1) is 11.7 Å². The molecule has 1 aliphatic rings. The first-order chi connectivity index (χ1) is 9.77. The number of halogens is 1. The zero-order chi connectivity index (χ0) is 15.7. The maximum absolute atomic E-state index is 13.7. The van der Waals surface area contributed by atoms with Gasteiger partial charge in [0, 0.05) is 0 Å². The molecule has 0 aromatic heterocycles. The molecular weight excluding hydrogens is 297 g/mol. The van der Waals surface area contributed by atoms with Gasteiger partial charge in [-0.3, -0.25) is 4.79 Å². The van der Waals surface area contributed by atoms with E-state index in [1.165, 1.54) is 12.1 Å². The monoisotopic (exact) mass is 315 g/mol. The van der Waals surface area contributed by atoms with Crippen molar-refractivity contribution in [3.8, 4) is 0 Å². The average Bonchev–Trinajstić information content (AvgIpc) is 2.41. The Morgan fingerprint density at radius 2 is 1.90 bits per heavy atom. The molecule has 0 amide bonds. The number of sulfonamides is 1. The molecule has 0 bridgehead atoms. The maximum Gasteiger partial charge on any atom is 0.324 e. The van der Waals surface area contributed by atoms with Crippen LogP contribution in [0.25, 0.3) is 0 Å². The number of nitrogens with one attached hydrogen (secondary N) is 1. The van der Waals surface area contributed by atoms with Crippen molar-refractivity contribution in [2.24, 2.45) is 5.92 Å². The lowest BCUT2D eigenvalue weighted by molar-refractivity contribution is -0.145. The van der Waals surface area contributed by atoms with Crippen LogP contribution in [0.2, 0.25) is 0 Å². The molecule has 0 aliphatic heterocycles. The molecule has 1 saturated carbocycles. The number of benzene rings is 1. The molecule has 0 saturated heterocycles. The van der Waals surface area contributed by atoms with Crippen molar-refractivity contribution in [2.75, 3.05) is 0 Å². The Morgan fingerprint density at radius 3 is 2.43 bits per heavy atom. The van der Waals surface area contributed by atoms with E-state index >= 15 is 0 Å². The second-order valence-corrected chi connectivity index (χ2v) is 7.26. The van der Waals surface area contributed by atoms with Crippen LogP contribution in [0.4, 0.5) is 4.39 Å². The molecule has 0 radical (unpaired) electrons. The zero-order valence-electron chi connectivity index (χ0n) is 11.7. The molecule has 116 valence electrons. The second-order valence-electron chi connectivity index (χ2n) is 5.61. The van der Waals surface area contributed by atoms with Gasteiger partial charge < -0.3 is 5.11 Å². The predicted octanol–water partition coefficient (Wildman–Crippen LogP) is 2.14. The van der Waals surface area contributed by atoms with Crippen molar-refractivity contribution in [3.05, 3.63) is 30.1 Å². The van der Waals surface area contributed by atoms with Crippen LogP contribution in [-0.4, -0.2) is 25.0 Å². The third kappa shape index (κ3) is 3.24. The first-order valence-electron chi connectivity index (χ1n) is 6.79. The van der Waals surface area contributed by atoms with E-state index in [0.29, 0.717) is 18.8 Å². The minimum atomic E-state index is -4.22. The van der Waals surface area contributed by atoms with Crippen molar-refractivity contribution >= 4 is 16.0 Å². The molecule has 0 unspecified atom stereocenters. The molecule has 1 aromatic carbocycles. The second kappa shape index (κ2) is 5.73. The summed E-state index contributed by atoms with van der Waals surface area (Å²) in [7, 11) is -4.22. The third-order valence-electron chi connectivity index (χ3n) is 3.99. The first kappa shape index (κ1) is 15.9. The van der Waals surface area contributed by atoms with Gasteiger partial charge in [0.2, 0.25) is 10.0 Å². The number of rotatable bonds is 4. The summed E-state index contributed by atoms with van der Waals surface area (Å²) in [5.74, 6) is -1.75. The Bertz CT molecular complexity index is 636. The molecule has 1 aromatic rings. The van der Waals surface area contributed by atoms with Crippen LogP contribution in [0.5, 0.6) is 0 Å². The predicted molar refractivity (Wildman–Crippen MR) is 74.7 cm³/mol. The van der Waals surface area contributed by atoms with Crippen LogP contribution >= 0.6 is 0 Å². The van der Waals surface area contributed by atoms with E-state index in [4.69, 9.17) is 0 Å². The minimum absolute atomic E-state index is 0.206. The summed E-state index contributed by atoms with van der Waals surface area (Å²) in [4.78, 5) is 11.0. The number of hydrogen-bond acceptors (Lipinski definition) is 3. The van der Waals surface area contributed by atoms with Gasteiger partial charge >= 0.3 is 5.97 Å². The summed E-state index contributed by atoms with van der Waals surface area (Å²) in [5, 5.41) is 9.43. The van der Waals surface area contributed by atoms with E-state index < -0.39 is 32.2 Å². The Kier molecular flexibility index (Phi) is 4.34. The van der Waals surface area contributed by atoms with Gasteiger partial charge in [-0.1, -0.05) is 19.1 Å². The summed E-state index contributed by atoms with van der Waals surface area (Å²) >= 11 is 0. The summed E-state index contributed by atoms with van der Waals surface area (Å²) in [6, 6.07) is 4.93. The third-order valence-corrected chi connectivity index (χ3v) is 5.56. The molecule has 1 aliphatic carbocycles. The van der Waals surface area contributed by atoms with Gasteiger partial charge in [0.15, 0.2) is 0 Å². The number of carbonyl (C=O) groups is 1. The first-order valence-corrected chi connectivity index (χ1v) is 8.27. The highest BCUT2D eigenvalue weighted by molar-refractivity contribution is 7.89. The van der Waals surface area contributed by atoms with E-state index in [1.807, 2.05) is 6.92 Å². The molecule has 0 spiro atoms. The van der Waals surface area contributed by atoms with Gasteiger partial charge in [-0.2, -0.15) is 4.72 Å². The van der Waals surface area contributed by atoms with Crippen molar-refractivity contribution in [3.63, 3.8) is 0 Å². The number of carboxylic acid groups (broad SMARTS) is 1. The van der Waals surface area contributed by atoms with Crippen molar-refractivity contribution in [1.82, 2.24) is 4.72 Å². The van der Waals surface area contributed by atoms with Crippen molar-refractivity contribution in [1.29, 1.82) is 0 Å². The minimum Gasteiger partial charge on any atom is -0.480 e. The molecule has 5 nitrogen and oxygen atoms in total. The van der Waals surface area contributed by atoms with Crippen molar-refractivity contribution < 1.29 is 22.7 Å². The lowest BCUT2D eigenvalue weighted by Crippen LogP contribution is -2.56. The normalized spacial score (nSPS) is 26.5. The van der Waals surface area contributed by atoms with Gasteiger partial charge in [-0.25, -0.2) is 12.8 Å². The fourth-order valence-electron chi connectivity index (χ4n) is 2.59. The highest BCUT2D eigenvalue weighted by Crippen LogP contribution is 2.33. The maximum atomic E-state index is 13.7. The number of hydrogen-bond donors (Lipinski definition) is 2. The molecule has 1 fully saturated rings. The zero-order valence-corrected chi connectivity index (χ0v) is 12.5. The fourth-order valence-corrected chi connectivity index (χ4v) is 4.09. The number of carboxylic acids is 1. The Morgan fingerprint density at radius 1 is 1.33 bits per heavy atom. The van der Waals surface area contributed by atoms with Crippen molar-refractivity contribution in [2.45, 2.75) is 43.0 Å². The molecule has 0 heterocycles. The van der Waals surface area contributed by atoms with Gasteiger partial charge in [-0.05, 0) is 43.7 Å². The molecule has 2 N–H and O–H groups in total. The quantitative estimate of drug-likeness (QED) is 0.891. The van der Waals surface area contributed by atoms with Crippen LogP contribution in [0.15, 0.2) is 29.2 Å².